The average Bonchev–Trinajstić information content (AvgIpc) is 2.51. The van der Waals surface area contributed by atoms with E-state index in [1.54, 1.807) is 6.20 Å². The molecule has 1 atom stereocenters. The third-order valence-electron chi connectivity index (χ3n) is 5.18. The second-order valence-electron chi connectivity index (χ2n) is 7.73. The monoisotopic (exact) mass is 299 g/mol. The van der Waals surface area contributed by atoms with Gasteiger partial charge in [0, 0.05) is 24.9 Å². The number of hydrogen-bond donors (Lipinski definition) is 0. The number of benzene rings is 1. The van der Waals surface area contributed by atoms with Crippen LogP contribution in [-0.4, -0.2) is 28.4 Å². The zero-order valence-corrected chi connectivity index (χ0v) is 14.2. The lowest BCUT2D eigenvalue weighted by Gasteiger charge is -2.41. The van der Waals surface area contributed by atoms with Crippen LogP contribution < -0.4 is 0 Å². The molecular formula is C19H27N2O+. The topological polar surface area (TPSA) is 23.3 Å². The Bertz CT molecular complexity index is 621. The lowest BCUT2D eigenvalue weighted by molar-refractivity contribution is -0.600. The second kappa shape index (κ2) is 5.31. The Balaban J connectivity index is 2.02. The van der Waals surface area contributed by atoms with E-state index in [2.05, 4.69) is 56.9 Å². The van der Waals surface area contributed by atoms with Crippen molar-refractivity contribution in [2.45, 2.75) is 58.0 Å². The highest BCUT2D eigenvalue weighted by Crippen LogP contribution is 2.44. The van der Waals surface area contributed by atoms with Gasteiger partial charge in [-0.25, -0.2) is 4.90 Å². The van der Waals surface area contributed by atoms with Crippen LogP contribution in [0.25, 0.3) is 5.57 Å². The SMILES string of the molecule is CC(C)(C)c1ccccc1C1=C[N+](=O)C1(C)N1CCCCC1. The molecule has 3 rings (SSSR count). The van der Waals surface area contributed by atoms with Gasteiger partial charge in [0.1, 0.15) is 5.57 Å². The quantitative estimate of drug-likeness (QED) is 0.759. The van der Waals surface area contributed by atoms with Gasteiger partial charge in [0.05, 0.1) is 4.76 Å². The van der Waals surface area contributed by atoms with Crippen LogP contribution in [0.1, 0.15) is 58.1 Å². The van der Waals surface area contributed by atoms with E-state index >= 15 is 0 Å². The van der Waals surface area contributed by atoms with Crippen molar-refractivity contribution in [3.05, 3.63) is 46.5 Å². The first-order valence-corrected chi connectivity index (χ1v) is 8.39. The van der Waals surface area contributed by atoms with Crippen molar-refractivity contribution < 1.29 is 4.76 Å². The molecular weight excluding hydrogens is 272 g/mol. The molecule has 1 aromatic carbocycles. The molecule has 0 spiro atoms. The van der Waals surface area contributed by atoms with E-state index in [0.29, 0.717) is 0 Å². The van der Waals surface area contributed by atoms with Crippen molar-refractivity contribution in [2.75, 3.05) is 13.1 Å². The molecule has 0 saturated carbocycles. The molecule has 118 valence electrons. The molecule has 2 aliphatic heterocycles. The number of rotatable bonds is 2. The molecule has 3 heteroatoms. The molecule has 1 unspecified atom stereocenters. The van der Waals surface area contributed by atoms with Crippen LogP contribution in [0.2, 0.25) is 0 Å². The van der Waals surface area contributed by atoms with Crippen LogP contribution in [0.3, 0.4) is 0 Å². The van der Waals surface area contributed by atoms with Crippen molar-refractivity contribution in [1.82, 2.24) is 4.90 Å². The van der Waals surface area contributed by atoms with E-state index in [9.17, 15) is 4.91 Å². The molecule has 0 N–H and O–H groups in total. The summed E-state index contributed by atoms with van der Waals surface area (Å²) in [6, 6.07) is 8.54. The number of likely N-dealkylation sites (tertiary alicyclic amines) is 1. The average molecular weight is 299 g/mol. The summed E-state index contributed by atoms with van der Waals surface area (Å²) in [5.41, 5.74) is 3.30. The minimum absolute atomic E-state index is 0.0730. The molecule has 0 radical (unpaired) electrons. The molecule has 0 amide bonds. The third-order valence-corrected chi connectivity index (χ3v) is 5.18. The van der Waals surface area contributed by atoms with Crippen LogP contribution in [0, 0.1) is 4.91 Å². The van der Waals surface area contributed by atoms with Gasteiger partial charge in [-0.2, -0.15) is 0 Å². The van der Waals surface area contributed by atoms with Crippen LogP contribution in [-0.2, 0) is 5.41 Å². The number of nitrogens with zero attached hydrogens (tertiary/aromatic N) is 2. The lowest BCUT2D eigenvalue weighted by Crippen LogP contribution is -2.59. The van der Waals surface area contributed by atoms with E-state index in [1.165, 1.54) is 36.0 Å². The standard InChI is InChI=1S/C19H27N2O/c1-18(2,3)16-11-7-6-10-15(16)17-14-21(22)19(17,4)20-12-8-5-9-13-20/h6-7,10-11,14H,5,8-9,12-13H2,1-4H3/q+1. The smallest absolute Gasteiger partial charge is 0.235 e. The summed E-state index contributed by atoms with van der Waals surface area (Å²) in [4.78, 5) is 14.8. The Kier molecular flexibility index (Phi) is 3.72. The van der Waals surface area contributed by atoms with E-state index < -0.39 is 5.66 Å². The fourth-order valence-corrected chi connectivity index (χ4v) is 3.75. The Morgan fingerprint density at radius 3 is 2.32 bits per heavy atom. The zero-order chi connectivity index (χ0) is 16.0. The Hall–Kier alpha value is -1.48. The maximum atomic E-state index is 12.4. The summed E-state index contributed by atoms with van der Waals surface area (Å²) >= 11 is 0. The number of piperidine rings is 1. The maximum absolute atomic E-state index is 12.4. The van der Waals surface area contributed by atoms with Gasteiger partial charge in [-0.1, -0.05) is 51.5 Å². The molecule has 1 fully saturated rings. The highest BCUT2D eigenvalue weighted by atomic mass is 16.3. The highest BCUT2D eigenvalue weighted by molar-refractivity contribution is 5.76. The molecule has 1 aromatic rings. The predicted octanol–water partition coefficient (Wildman–Crippen LogP) is 4.32. The normalized spacial score (nSPS) is 26.5. The van der Waals surface area contributed by atoms with E-state index in [0.717, 1.165) is 17.8 Å². The first-order valence-electron chi connectivity index (χ1n) is 8.39. The minimum Gasteiger partial charge on any atom is -0.235 e. The number of nitroso groups, excluding NO2 is 1. The summed E-state index contributed by atoms with van der Waals surface area (Å²) in [5.74, 6) is 0. The van der Waals surface area contributed by atoms with Gasteiger partial charge in [0.15, 0.2) is 0 Å². The number of hydrogen-bond acceptors (Lipinski definition) is 2. The molecule has 0 aliphatic carbocycles. The second-order valence-corrected chi connectivity index (χ2v) is 7.73. The fraction of sp³-hybridized carbons (Fsp3) is 0.579. The summed E-state index contributed by atoms with van der Waals surface area (Å²) < 4.78 is 1.15. The van der Waals surface area contributed by atoms with Crippen LogP contribution in [0.5, 0.6) is 0 Å². The zero-order valence-electron chi connectivity index (χ0n) is 14.2. The van der Waals surface area contributed by atoms with Crippen molar-refractivity contribution in [3.63, 3.8) is 0 Å². The van der Waals surface area contributed by atoms with Gasteiger partial charge in [0.25, 0.3) is 0 Å². The summed E-state index contributed by atoms with van der Waals surface area (Å²) in [5, 5.41) is 0. The van der Waals surface area contributed by atoms with Gasteiger partial charge < -0.3 is 0 Å². The first kappa shape index (κ1) is 15.4. The molecule has 3 nitrogen and oxygen atoms in total. The molecule has 2 aliphatic rings. The molecule has 22 heavy (non-hydrogen) atoms. The van der Waals surface area contributed by atoms with E-state index in [4.69, 9.17) is 0 Å². The third kappa shape index (κ3) is 2.32. The summed E-state index contributed by atoms with van der Waals surface area (Å²) in [6.45, 7) is 10.8. The highest BCUT2D eigenvalue weighted by Gasteiger charge is 2.58. The van der Waals surface area contributed by atoms with Gasteiger partial charge in [-0.15, -0.1) is 0 Å². The molecule has 1 saturated heterocycles. The molecule has 0 bridgehead atoms. The lowest BCUT2D eigenvalue weighted by atomic mass is 9.77. The van der Waals surface area contributed by atoms with Crippen molar-refractivity contribution in [1.29, 1.82) is 0 Å². The predicted molar refractivity (Wildman–Crippen MR) is 90.6 cm³/mol. The van der Waals surface area contributed by atoms with Crippen molar-refractivity contribution >= 4 is 5.57 Å². The van der Waals surface area contributed by atoms with Crippen molar-refractivity contribution in [2.24, 2.45) is 0 Å². The summed E-state index contributed by atoms with van der Waals surface area (Å²) in [7, 11) is 0. The van der Waals surface area contributed by atoms with E-state index in [-0.39, 0.29) is 5.41 Å². The van der Waals surface area contributed by atoms with Crippen LogP contribution in [0.15, 0.2) is 30.5 Å². The van der Waals surface area contributed by atoms with Gasteiger partial charge >= 0.3 is 5.66 Å². The minimum atomic E-state index is -0.498. The van der Waals surface area contributed by atoms with Crippen LogP contribution >= 0.6 is 0 Å². The Morgan fingerprint density at radius 2 is 1.73 bits per heavy atom. The molecule has 0 aromatic heterocycles. The maximum Gasteiger partial charge on any atom is 0.302 e. The van der Waals surface area contributed by atoms with Crippen molar-refractivity contribution in [3.8, 4) is 0 Å². The largest absolute Gasteiger partial charge is 0.302 e. The van der Waals surface area contributed by atoms with Crippen LogP contribution in [0.4, 0.5) is 0 Å². The fourth-order valence-electron chi connectivity index (χ4n) is 3.75. The van der Waals surface area contributed by atoms with Gasteiger partial charge in [-0.3, -0.25) is 0 Å². The summed E-state index contributed by atoms with van der Waals surface area (Å²) in [6.07, 6.45) is 5.44. The van der Waals surface area contributed by atoms with E-state index in [1.807, 2.05) is 0 Å². The Morgan fingerprint density at radius 1 is 1.09 bits per heavy atom. The van der Waals surface area contributed by atoms with Gasteiger partial charge in [0.2, 0.25) is 6.20 Å². The first-order chi connectivity index (χ1) is 10.3. The Labute approximate surface area is 133 Å². The van der Waals surface area contributed by atoms with Gasteiger partial charge in [-0.05, 0) is 29.4 Å². The molecule has 2 heterocycles.